The molecule has 6 rings (SSSR count). The van der Waals surface area contributed by atoms with Crippen LogP contribution in [0.2, 0.25) is 0 Å². The lowest BCUT2D eigenvalue weighted by Gasteiger charge is -2.41. The molecular weight excluding hydrogens is 584 g/mol. The van der Waals surface area contributed by atoms with E-state index in [2.05, 4.69) is 37.0 Å². The van der Waals surface area contributed by atoms with Gasteiger partial charge in [-0.15, -0.1) is 0 Å². The predicted molar refractivity (Wildman–Crippen MR) is 167 cm³/mol. The smallest absolute Gasteiger partial charge is 0.247 e. The molecule has 3 fully saturated rings. The van der Waals surface area contributed by atoms with Gasteiger partial charge in [-0.25, -0.2) is 23.8 Å². The van der Waals surface area contributed by atoms with E-state index >= 15 is 0 Å². The highest BCUT2D eigenvalue weighted by Crippen LogP contribution is 2.41. The number of benzene rings is 2. The molecule has 2 aromatic carbocycles. The first-order valence-corrected chi connectivity index (χ1v) is 15.1. The molecule has 0 spiro atoms. The Hall–Kier alpha value is -4.33. The molecule has 1 amide bonds. The number of hydrogen-bond acceptors (Lipinski definition) is 10. The Morgan fingerprint density at radius 3 is 2.56 bits per heavy atom. The molecule has 1 unspecified atom stereocenters. The van der Waals surface area contributed by atoms with Gasteiger partial charge in [0.05, 0.1) is 50.0 Å². The molecule has 3 aliphatic heterocycles. The fourth-order valence-corrected chi connectivity index (χ4v) is 6.22. The molecular formula is C32H37F2N7O4. The molecule has 11 nitrogen and oxygen atoms in total. The zero-order chi connectivity index (χ0) is 31.3. The van der Waals surface area contributed by atoms with Gasteiger partial charge in [0.1, 0.15) is 29.5 Å². The molecule has 4 heterocycles. The maximum Gasteiger partial charge on any atom is 0.247 e. The van der Waals surface area contributed by atoms with Crippen LogP contribution in [0.15, 0.2) is 55.4 Å². The maximum absolute atomic E-state index is 14.6. The Kier molecular flexibility index (Phi) is 9.38. The highest BCUT2D eigenvalue weighted by molar-refractivity contribution is 6.02. The van der Waals surface area contributed by atoms with Crippen molar-refractivity contribution in [1.82, 2.24) is 14.9 Å². The van der Waals surface area contributed by atoms with Crippen LogP contribution in [0.5, 0.6) is 5.75 Å². The number of aromatic nitrogens is 2. The van der Waals surface area contributed by atoms with Crippen molar-refractivity contribution in [3.8, 4) is 5.75 Å². The second-order valence-electron chi connectivity index (χ2n) is 11.1. The van der Waals surface area contributed by atoms with Crippen LogP contribution < -0.4 is 25.3 Å². The fraction of sp³-hybridized carbons (Fsp3) is 0.406. The van der Waals surface area contributed by atoms with Crippen LogP contribution in [0, 0.1) is 11.6 Å². The minimum Gasteiger partial charge on any atom is -0.494 e. The second kappa shape index (κ2) is 13.8. The van der Waals surface area contributed by atoms with E-state index < -0.39 is 17.7 Å². The summed E-state index contributed by atoms with van der Waals surface area (Å²) in [5.74, 6) is -0.237. The SMILES string of the molecule is C=CC(=O)Nc1cc(Nc2cc(N3OCCC3c3ccc(F)cc3F)ncn2)c(OC)cc1N1CCC(N2CCOCC2)CC1. The number of nitrogens with zero attached hydrogens (tertiary/aromatic N) is 5. The molecule has 45 heavy (non-hydrogen) atoms. The van der Waals surface area contributed by atoms with Crippen LogP contribution in [-0.4, -0.2) is 79.9 Å². The van der Waals surface area contributed by atoms with E-state index in [9.17, 15) is 13.6 Å². The number of anilines is 5. The Labute approximate surface area is 260 Å². The van der Waals surface area contributed by atoms with E-state index in [0.29, 0.717) is 53.4 Å². The standard InChI is InChI=1S/C32H37F2N7O4/c1-3-32(42)38-25-17-26(29(43-2)18-28(25)40-9-6-22(7-10-40)39-11-14-44-15-12-39)37-30-19-31(36-20-35-30)41-27(8-13-45-41)23-5-4-21(33)16-24(23)34/h3-5,16-20,22,27H,1,6-15H2,2H3,(H,38,42)(H,35,36,37). The number of piperidine rings is 1. The summed E-state index contributed by atoms with van der Waals surface area (Å²) in [5, 5.41) is 7.74. The Morgan fingerprint density at radius 1 is 1.02 bits per heavy atom. The summed E-state index contributed by atoms with van der Waals surface area (Å²) in [7, 11) is 1.59. The molecule has 3 aliphatic rings. The van der Waals surface area contributed by atoms with Gasteiger partial charge in [0.15, 0.2) is 5.82 Å². The molecule has 1 atom stereocenters. The zero-order valence-electron chi connectivity index (χ0n) is 25.2. The largest absolute Gasteiger partial charge is 0.494 e. The van der Waals surface area contributed by atoms with Gasteiger partial charge >= 0.3 is 0 Å². The summed E-state index contributed by atoms with van der Waals surface area (Å²) in [4.78, 5) is 31.8. The van der Waals surface area contributed by atoms with Crippen molar-refractivity contribution >= 4 is 34.6 Å². The second-order valence-corrected chi connectivity index (χ2v) is 11.1. The molecule has 2 N–H and O–H groups in total. The topological polar surface area (TPSA) is 104 Å². The van der Waals surface area contributed by atoms with Gasteiger partial charge in [-0.1, -0.05) is 12.6 Å². The third-order valence-electron chi connectivity index (χ3n) is 8.50. The van der Waals surface area contributed by atoms with E-state index in [1.54, 1.807) is 13.2 Å². The normalized spacial score (nSPS) is 19.4. The van der Waals surface area contributed by atoms with Crippen LogP contribution in [0.25, 0.3) is 0 Å². The first-order valence-electron chi connectivity index (χ1n) is 15.1. The van der Waals surface area contributed by atoms with Gasteiger partial charge in [-0.05, 0) is 31.1 Å². The summed E-state index contributed by atoms with van der Waals surface area (Å²) < 4.78 is 39.5. The van der Waals surface area contributed by atoms with E-state index in [4.69, 9.17) is 14.3 Å². The van der Waals surface area contributed by atoms with E-state index in [0.717, 1.165) is 64.0 Å². The molecule has 3 saturated heterocycles. The number of halogens is 2. The molecule has 0 bridgehead atoms. The molecule has 1 aromatic heterocycles. The molecule has 0 radical (unpaired) electrons. The Morgan fingerprint density at radius 2 is 1.82 bits per heavy atom. The van der Waals surface area contributed by atoms with Gasteiger partial charge in [0.2, 0.25) is 5.91 Å². The zero-order valence-corrected chi connectivity index (χ0v) is 25.2. The minimum atomic E-state index is -0.646. The van der Waals surface area contributed by atoms with Crippen molar-refractivity contribution in [2.75, 3.05) is 73.7 Å². The predicted octanol–water partition coefficient (Wildman–Crippen LogP) is 4.82. The van der Waals surface area contributed by atoms with Crippen molar-refractivity contribution in [2.24, 2.45) is 0 Å². The summed E-state index contributed by atoms with van der Waals surface area (Å²) in [5.41, 5.74) is 2.34. The van der Waals surface area contributed by atoms with Gasteiger partial charge in [0.25, 0.3) is 0 Å². The Balaban J connectivity index is 1.24. The van der Waals surface area contributed by atoms with Crippen molar-refractivity contribution in [3.05, 3.63) is 72.6 Å². The van der Waals surface area contributed by atoms with Gasteiger partial charge in [-0.2, -0.15) is 0 Å². The highest BCUT2D eigenvalue weighted by atomic mass is 19.1. The van der Waals surface area contributed by atoms with E-state index in [1.165, 1.54) is 29.6 Å². The third kappa shape index (κ3) is 6.85. The number of methoxy groups -OCH3 is 1. The molecule has 0 saturated carbocycles. The average molecular weight is 622 g/mol. The van der Waals surface area contributed by atoms with Crippen LogP contribution in [0.3, 0.4) is 0 Å². The first kappa shape index (κ1) is 30.7. The Bertz CT molecular complexity index is 1530. The van der Waals surface area contributed by atoms with Gasteiger partial charge in [0, 0.05) is 62.4 Å². The van der Waals surface area contributed by atoms with Crippen LogP contribution in [0.1, 0.15) is 30.9 Å². The third-order valence-corrected chi connectivity index (χ3v) is 8.50. The lowest BCUT2D eigenvalue weighted by Crippen LogP contribution is -2.49. The summed E-state index contributed by atoms with van der Waals surface area (Å²) in [6.45, 7) is 9.08. The summed E-state index contributed by atoms with van der Waals surface area (Å²) in [6.07, 6.45) is 5.11. The molecule has 0 aliphatic carbocycles. The monoisotopic (exact) mass is 621 g/mol. The lowest BCUT2D eigenvalue weighted by atomic mass is 10.0. The number of nitrogens with one attached hydrogen (secondary N) is 2. The molecule has 238 valence electrons. The number of carbonyl (C=O) groups excluding carboxylic acids is 1. The van der Waals surface area contributed by atoms with Crippen molar-refractivity contribution in [3.63, 3.8) is 0 Å². The first-order chi connectivity index (χ1) is 21.9. The van der Waals surface area contributed by atoms with E-state index in [1.807, 2.05) is 12.1 Å². The number of ether oxygens (including phenoxy) is 2. The lowest BCUT2D eigenvalue weighted by molar-refractivity contribution is -0.111. The number of carbonyl (C=O) groups is 1. The highest BCUT2D eigenvalue weighted by Gasteiger charge is 2.32. The molecule has 3 aromatic rings. The van der Waals surface area contributed by atoms with Crippen LogP contribution in [-0.2, 0) is 14.4 Å². The van der Waals surface area contributed by atoms with Gasteiger partial charge < -0.3 is 25.0 Å². The molecule has 13 heteroatoms. The van der Waals surface area contributed by atoms with Crippen molar-refractivity contribution in [2.45, 2.75) is 31.3 Å². The van der Waals surface area contributed by atoms with Crippen LogP contribution >= 0.6 is 0 Å². The number of hydroxylamine groups is 1. The maximum atomic E-state index is 14.6. The minimum absolute atomic E-state index is 0.316. The van der Waals surface area contributed by atoms with E-state index in [-0.39, 0.29) is 5.91 Å². The van der Waals surface area contributed by atoms with Crippen molar-refractivity contribution in [1.29, 1.82) is 0 Å². The number of amides is 1. The van der Waals surface area contributed by atoms with Crippen LogP contribution in [0.4, 0.5) is 37.5 Å². The average Bonchev–Trinajstić information content (AvgIpc) is 3.55. The summed E-state index contributed by atoms with van der Waals surface area (Å²) in [6, 6.07) is 8.93. The number of rotatable bonds is 9. The fourth-order valence-electron chi connectivity index (χ4n) is 6.22. The van der Waals surface area contributed by atoms with Crippen molar-refractivity contribution < 1.29 is 27.9 Å². The van der Waals surface area contributed by atoms with Gasteiger partial charge in [-0.3, -0.25) is 14.5 Å². The quantitative estimate of drug-likeness (QED) is 0.324. The number of hydrogen-bond donors (Lipinski definition) is 2. The summed E-state index contributed by atoms with van der Waals surface area (Å²) >= 11 is 0. The number of morpholine rings is 1.